The second-order valence-electron chi connectivity index (χ2n) is 4.79. The third-order valence-electron chi connectivity index (χ3n) is 2.67. The van der Waals surface area contributed by atoms with E-state index in [-0.39, 0.29) is 12.2 Å². The second kappa shape index (κ2) is 16.5. The highest BCUT2D eigenvalue weighted by atomic mass is 35.5. The molecule has 0 aliphatic heterocycles. The van der Waals surface area contributed by atoms with E-state index >= 15 is 0 Å². The first-order chi connectivity index (χ1) is 10.3. The summed E-state index contributed by atoms with van der Waals surface area (Å²) in [6, 6.07) is 0. The van der Waals surface area contributed by atoms with Crippen LogP contribution in [0.25, 0.3) is 0 Å². The second-order valence-corrected chi connectivity index (χ2v) is 6.00. The lowest BCUT2D eigenvalue weighted by Gasteiger charge is -2.27. The summed E-state index contributed by atoms with van der Waals surface area (Å²) in [5, 5.41) is 10.2. The van der Waals surface area contributed by atoms with Crippen LogP contribution in [0.4, 0.5) is 0 Å². The van der Waals surface area contributed by atoms with Gasteiger partial charge in [0.1, 0.15) is 0 Å². The zero-order valence-corrected chi connectivity index (χ0v) is 15.8. The molecule has 0 heterocycles. The summed E-state index contributed by atoms with van der Waals surface area (Å²) >= 11 is 11.5. The van der Waals surface area contributed by atoms with Crippen molar-refractivity contribution in [2.75, 3.05) is 25.0 Å². The summed E-state index contributed by atoms with van der Waals surface area (Å²) in [5.74, 6) is 0.591. The van der Waals surface area contributed by atoms with Gasteiger partial charge in [-0.3, -0.25) is 4.57 Å². The fraction of sp³-hybridized carbons (Fsp3) is 1.00. The Morgan fingerprint density at radius 2 is 1.55 bits per heavy atom. The largest absolute Gasteiger partial charge is 0.389 e. The van der Waals surface area contributed by atoms with Gasteiger partial charge in [0, 0.05) is 25.5 Å². The molecule has 136 valence electrons. The fourth-order valence-electron chi connectivity index (χ4n) is 1.53. The number of ether oxygens (including phenoxy) is 2. The van der Waals surface area contributed by atoms with E-state index < -0.39 is 13.9 Å². The van der Waals surface area contributed by atoms with E-state index in [1.54, 1.807) is 0 Å². The minimum absolute atomic E-state index is 0.188. The highest BCUT2D eigenvalue weighted by molar-refractivity contribution is 7.30. The monoisotopic (exact) mass is 382 g/mol. The number of aliphatic hydroxyl groups is 1. The molecule has 0 aromatic carbocycles. The van der Waals surface area contributed by atoms with Gasteiger partial charge < -0.3 is 24.4 Å². The van der Waals surface area contributed by atoms with Crippen molar-refractivity contribution in [3.05, 3.63) is 0 Å². The average molecular weight is 383 g/mol. The highest BCUT2D eigenvalue weighted by Gasteiger charge is 2.26. The van der Waals surface area contributed by atoms with Gasteiger partial charge in [-0.2, -0.15) is 0 Å². The summed E-state index contributed by atoms with van der Waals surface area (Å²) in [5.41, 5.74) is -0.910. The molecule has 9 heteroatoms. The Morgan fingerprint density at radius 3 is 1.86 bits per heavy atom. The summed E-state index contributed by atoms with van der Waals surface area (Å²) in [4.78, 5) is 14.3. The normalized spacial score (nSPS) is 13.9. The molecule has 6 nitrogen and oxygen atoms in total. The zero-order valence-electron chi connectivity index (χ0n) is 13.3. The van der Waals surface area contributed by atoms with Crippen LogP contribution in [0.2, 0.25) is 0 Å². The van der Waals surface area contributed by atoms with Crippen molar-refractivity contribution >= 4 is 31.5 Å². The molecule has 0 radical (unpaired) electrons. The molecule has 1 unspecified atom stereocenters. The molecule has 22 heavy (non-hydrogen) atoms. The molecule has 0 spiro atoms. The van der Waals surface area contributed by atoms with Crippen LogP contribution >= 0.6 is 31.5 Å². The Balaban J connectivity index is 0. The molecule has 0 fully saturated rings. The Morgan fingerprint density at radius 1 is 1.09 bits per heavy atom. The van der Waals surface area contributed by atoms with E-state index in [2.05, 4.69) is 13.8 Å². The molecule has 0 bridgehead atoms. The van der Waals surface area contributed by atoms with Crippen molar-refractivity contribution in [1.29, 1.82) is 0 Å². The van der Waals surface area contributed by atoms with E-state index in [1.165, 1.54) is 0 Å². The maximum absolute atomic E-state index is 10.2. The Labute approximate surface area is 143 Å². The van der Waals surface area contributed by atoms with Gasteiger partial charge in [-0.25, -0.2) is 0 Å². The number of hydrogen-bond donors (Lipinski definition) is 3. The number of alkyl halides is 2. The van der Waals surface area contributed by atoms with E-state index in [0.29, 0.717) is 38.4 Å². The molecule has 0 aliphatic rings. The van der Waals surface area contributed by atoms with Crippen LogP contribution in [0.1, 0.15) is 46.0 Å². The summed E-state index contributed by atoms with van der Waals surface area (Å²) in [6.45, 7) is 5.45. The zero-order chi connectivity index (χ0) is 17.4. The van der Waals surface area contributed by atoms with Crippen LogP contribution in [0.3, 0.4) is 0 Å². The van der Waals surface area contributed by atoms with Gasteiger partial charge in [0.2, 0.25) is 0 Å². The number of hydrogen-bond acceptors (Lipinski definition) is 4. The smallest absolute Gasteiger partial charge is 0.314 e. The highest BCUT2D eigenvalue weighted by Crippen LogP contribution is 2.22. The van der Waals surface area contributed by atoms with Gasteiger partial charge in [-0.15, -0.1) is 23.2 Å². The van der Waals surface area contributed by atoms with Crippen molar-refractivity contribution < 1.29 is 28.9 Å². The molecule has 0 amide bonds. The van der Waals surface area contributed by atoms with E-state index in [1.807, 2.05) is 0 Å². The summed E-state index contributed by atoms with van der Waals surface area (Å²) in [7, 11) is -3.13. The standard InChI is InChI=1S/C13H26Cl2O3.H3O3P/c1-3-9-17-12(18-10-4-2)5-6-13(16,11-15)7-8-14;1-4(2)3/h12,16H,3-11H2,1-2H3;4H,(H2,1,2,3). The lowest BCUT2D eigenvalue weighted by atomic mass is 9.97. The van der Waals surface area contributed by atoms with Gasteiger partial charge in [0.25, 0.3) is 0 Å². The van der Waals surface area contributed by atoms with Gasteiger partial charge in [0.05, 0.1) is 11.5 Å². The molecule has 0 aliphatic carbocycles. The predicted molar refractivity (Wildman–Crippen MR) is 90.0 cm³/mol. The van der Waals surface area contributed by atoms with E-state index in [4.69, 9.17) is 47.0 Å². The fourth-order valence-corrected chi connectivity index (χ4v) is 2.15. The first-order valence-electron chi connectivity index (χ1n) is 7.34. The molecular weight excluding hydrogens is 354 g/mol. The Bertz CT molecular complexity index is 261. The quantitative estimate of drug-likeness (QED) is 0.273. The van der Waals surface area contributed by atoms with Crippen LogP contribution in [-0.2, 0) is 14.0 Å². The van der Waals surface area contributed by atoms with Gasteiger partial charge in [0.15, 0.2) is 6.29 Å². The van der Waals surface area contributed by atoms with E-state index in [9.17, 15) is 5.11 Å². The lowest BCUT2D eigenvalue weighted by molar-refractivity contribution is -0.152. The van der Waals surface area contributed by atoms with Crippen molar-refractivity contribution in [2.45, 2.75) is 57.8 Å². The molecule has 1 atom stereocenters. The Hall–Kier alpha value is 0.610. The molecule has 3 N–H and O–H groups in total. The van der Waals surface area contributed by atoms with Crippen LogP contribution < -0.4 is 0 Å². The van der Waals surface area contributed by atoms with E-state index in [0.717, 1.165) is 12.8 Å². The van der Waals surface area contributed by atoms with Crippen LogP contribution in [0.5, 0.6) is 0 Å². The molecule has 0 saturated carbocycles. The minimum Gasteiger partial charge on any atom is -0.389 e. The minimum atomic E-state index is -3.13. The molecular formula is C13H29Cl2O6P. The van der Waals surface area contributed by atoms with Crippen LogP contribution in [0, 0.1) is 0 Å². The van der Waals surface area contributed by atoms with Crippen LogP contribution in [-0.4, -0.2) is 51.8 Å². The molecule has 0 saturated heterocycles. The van der Waals surface area contributed by atoms with Gasteiger partial charge >= 0.3 is 8.25 Å². The third-order valence-corrected chi connectivity index (χ3v) is 3.36. The van der Waals surface area contributed by atoms with Crippen molar-refractivity contribution in [1.82, 2.24) is 0 Å². The van der Waals surface area contributed by atoms with Gasteiger partial charge in [-0.1, -0.05) is 13.8 Å². The lowest BCUT2D eigenvalue weighted by Crippen LogP contribution is -2.33. The Kier molecular flexibility index (Phi) is 18.6. The van der Waals surface area contributed by atoms with Crippen molar-refractivity contribution in [2.24, 2.45) is 0 Å². The molecule has 0 rings (SSSR count). The maximum atomic E-state index is 10.2. The topological polar surface area (TPSA) is 96.2 Å². The predicted octanol–water partition coefficient (Wildman–Crippen LogP) is 2.91. The molecule has 0 aromatic heterocycles. The van der Waals surface area contributed by atoms with Crippen LogP contribution in [0.15, 0.2) is 0 Å². The maximum Gasteiger partial charge on any atom is 0.314 e. The number of halogens is 2. The summed E-state index contributed by atoms with van der Waals surface area (Å²) in [6.07, 6.45) is 3.32. The number of rotatable bonds is 12. The third kappa shape index (κ3) is 17.0. The first kappa shape index (κ1) is 24.9. The van der Waals surface area contributed by atoms with Gasteiger partial charge in [-0.05, 0) is 25.7 Å². The molecule has 0 aromatic rings. The van der Waals surface area contributed by atoms with Crippen molar-refractivity contribution in [3.8, 4) is 0 Å². The van der Waals surface area contributed by atoms with Crippen molar-refractivity contribution in [3.63, 3.8) is 0 Å². The first-order valence-corrected chi connectivity index (χ1v) is 9.71. The average Bonchev–Trinajstić information content (AvgIpc) is 2.46. The summed E-state index contributed by atoms with van der Waals surface area (Å²) < 4.78 is 19.9. The SMILES string of the molecule is CCCOC(CCC(O)(CCl)CCCl)OCCC.O=[PH](O)O.